The lowest BCUT2D eigenvalue weighted by Gasteiger charge is -2.20. The van der Waals surface area contributed by atoms with Crippen molar-refractivity contribution >= 4 is 11.6 Å². The molecule has 0 saturated heterocycles. The molecule has 2 nitrogen and oxygen atoms in total. The molecule has 1 unspecified atom stereocenters. The second-order valence-corrected chi connectivity index (χ2v) is 5.01. The molecule has 1 atom stereocenters. The quantitative estimate of drug-likeness (QED) is 0.814. The van der Waals surface area contributed by atoms with Crippen LogP contribution < -0.4 is 10.1 Å². The highest BCUT2D eigenvalue weighted by Crippen LogP contribution is 2.27. The minimum absolute atomic E-state index is 0.0347. The number of hydrogen-bond acceptors (Lipinski definition) is 2. The molecule has 20 heavy (non-hydrogen) atoms. The maximum absolute atomic E-state index is 12.3. The Hall–Kier alpha value is -0.940. The number of hydrogen-bond donors (Lipinski definition) is 1. The van der Waals surface area contributed by atoms with Crippen molar-refractivity contribution in [3.8, 4) is 5.75 Å². The van der Waals surface area contributed by atoms with Crippen LogP contribution in [0, 0.1) is 0 Å². The number of rotatable bonds is 7. The first-order chi connectivity index (χ1) is 9.35. The largest absolute Gasteiger partial charge is 0.496 e. The first-order valence-electron chi connectivity index (χ1n) is 6.48. The summed E-state index contributed by atoms with van der Waals surface area (Å²) in [4.78, 5) is 0. The van der Waals surface area contributed by atoms with E-state index in [4.69, 9.17) is 16.3 Å². The van der Waals surface area contributed by atoms with E-state index in [1.807, 2.05) is 6.92 Å². The Bertz CT molecular complexity index is 423. The van der Waals surface area contributed by atoms with Crippen molar-refractivity contribution in [1.82, 2.24) is 5.32 Å². The Morgan fingerprint density at radius 2 is 2.05 bits per heavy atom. The number of ether oxygens (including phenoxy) is 1. The van der Waals surface area contributed by atoms with Crippen molar-refractivity contribution < 1.29 is 17.9 Å². The standard InChI is InChI=1S/C14H19ClF3NO/c1-3-19-12(6-7-14(16,17)18)9-10-8-11(15)4-5-13(10)20-2/h4-5,8,12,19H,3,6-7,9H2,1-2H3. The summed E-state index contributed by atoms with van der Waals surface area (Å²) >= 11 is 5.93. The van der Waals surface area contributed by atoms with Crippen LogP contribution in [-0.2, 0) is 6.42 Å². The number of likely N-dealkylation sites (N-methyl/N-ethyl adjacent to an activating group) is 1. The van der Waals surface area contributed by atoms with Gasteiger partial charge in [-0.1, -0.05) is 18.5 Å². The van der Waals surface area contributed by atoms with E-state index >= 15 is 0 Å². The molecule has 0 saturated carbocycles. The van der Waals surface area contributed by atoms with E-state index < -0.39 is 12.6 Å². The van der Waals surface area contributed by atoms with Crippen molar-refractivity contribution in [1.29, 1.82) is 0 Å². The summed E-state index contributed by atoms with van der Waals surface area (Å²) in [5.41, 5.74) is 0.813. The fourth-order valence-corrected chi connectivity index (χ4v) is 2.27. The van der Waals surface area contributed by atoms with Crippen LogP contribution in [0.15, 0.2) is 18.2 Å². The average molecular weight is 310 g/mol. The second-order valence-electron chi connectivity index (χ2n) is 4.57. The molecule has 0 aliphatic heterocycles. The van der Waals surface area contributed by atoms with Crippen LogP contribution in [0.3, 0.4) is 0 Å². The highest BCUT2D eigenvalue weighted by molar-refractivity contribution is 6.30. The fourth-order valence-electron chi connectivity index (χ4n) is 2.07. The Kier molecular flexibility index (Phi) is 6.62. The molecule has 1 aromatic carbocycles. The molecule has 6 heteroatoms. The van der Waals surface area contributed by atoms with Gasteiger partial charge in [-0.3, -0.25) is 0 Å². The minimum atomic E-state index is -4.13. The van der Waals surface area contributed by atoms with E-state index in [9.17, 15) is 13.2 Å². The van der Waals surface area contributed by atoms with E-state index in [1.54, 1.807) is 18.2 Å². The van der Waals surface area contributed by atoms with E-state index in [-0.39, 0.29) is 12.5 Å². The lowest BCUT2D eigenvalue weighted by atomic mass is 10.0. The molecular weight excluding hydrogens is 291 g/mol. The van der Waals surface area contributed by atoms with Crippen LogP contribution >= 0.6 is 11.6 Å². The van der Waals surface area contributed by atoms with Crippen molar-refractivity contribution in [3.05, 3.63) is 28.8 Å². The van der Waals surface area contributed by atoms with Crippen molar-refractivity contribution in [3.63, 3.8) is 0 Å². The molecule has 0 spiro atoms. The molecule has 0 fully saturated rings. The minimum Gasteiger partial charge on any atom is -0.496 e. The lowest BCUT2D eigenvalue weighted by molar-refractivity contribution is -0.136. The van der Waals surface area contributed by atoms with Gasteiger partial charge in [-0.05, 0) is 43.1 Å². The lowest BCUT2D eigenvalue weighted by Crippen LogP contribution is -2.32. The van der Waals surface area contributed by atoms with Gasteiger partial charge in [0.2, 0.25) is 0 Å². The highest BCUT2D eigenvalue weighted by atomic mass is 35.5. The van der Waals surface area contributed by atoms with Gasteiger partial charge in [0.25, 0.3) is 0 Å². The molecule has 1 rings (SSSR count). The van der Waals surface area contributed by atoms with E-state index in [2.05, 4.69) is 5.32 Å². The third-order valence-corrected chi connectivity index (χ3v) is 3.21. The molecule has 114 valence electrons. The zero-order valence-corrected chi connectivity index (χ0v) is 12.3. The van der Waals surface area contributed by atoms with Crippen molar-refractivity contribution in [2.75, 3.05) is 13.7 Å². The number of alkyl halides is 3. The Morgan fingerprint density at radius 1 is 1.35 bits per heavy atom. The first-order valence-corrected chi connectivity index (χ1v) is 6.86. The Balaban J connectivity index is 2.76. The predicted molar refractivity (Wildman–Crippen MR) is 74.5 cm³/mol. The summed E-state index contributed by atoms with van der Waals surface area (Å²) in [5, 5.41) is 3.62. The van der Waals surface area contributed by atoms with Gasteiger partial charge < -0.3 is 10.1 Å². The van der Waals surface area contributed by atoms with E-state index in [1.165, 1.54) is 7.11 Å². The van der Waals surface area contributed by atoms with Gasteiger partial charge in [0.15, 0.2) is 0 Å². The topological polar surface area (TPSA) is 21.3 Å². The van der Waals surface area contributed by atoms with Crippen LogP contribution in [0.4, 0.5) is 13.2 Å². The summed E-state index contributed by atoms with van der Waals surface area (Å²) in [5.74, 6) is 0.643. The summed E-state index contributed by atoms with van der Waals surface area (Å²) in [7, 11) is 1.53. The summed E-state index contributed by atoms with van der Waals surface area (Å²) in [6, 6.07) is 4.90. The van der Waals surface area contributed by atoms with Gasteiger partial charge >= 0.3 is 6.18 Å². The van der Waals surface area contributed by atoms with Crippen LogP contribution in [-0.4, -0.2) is 25.9 Å². The highest BCUT2D eigenvalue weighted by Gasteiger charge is 2.28. The van der Waals surface area contributed by atoms with Gasteiger partial charge in [-0.2, -0.15) is 13.2 Å². The molecular formula is C14H19ClF3NO. The van der Waals surface area contributed by atoms with Crippen LogP contribution in [0.25, 0.3) is 0 Å². The fraction of sp³-hybridized carbons (Fsp3) is 0.571. The molecule has 0 aromatic heterocycles. The van der Waals surface area contributed by atoms with Crippen molar-refractivity contribution in [2.24, 2.45) is 0 Å². The monoisotopic (exact) mass is 309 g/mol. The SMILES string of the molecule is CCNC(CCC(F)(F)F)Cc1cc(Cl)ccc1OC. The van der Waals surface area contributed by atoms with E-state index in [0.29, 0.717) is 23.7 Å². The zero-order chi connectivity index (χ0) is 15.2. The molecule has 0 radical (unpaired) electrons. The summed E-state index contributed by atoms with van der Waals surface area (Å²) < 4.78 is 42.2. The molecule has 1 N–H and O–H groups in total. The first kappa shape index (κ1) is 17.1. The average Bonchev–Trinajstić information content (AvgIpc) is 2.35. The molecule has 1 aromatic rings. The van der Waals surface area contributed by atoms with Crippen molar-refractivity contribution in [2.45, 2.75) is 38.4 Å². The third-order valence-electron chi connectivity index (χ3n) is 2.98. The normalized spacial score (nSPS) is 13.3. The zero-order valence-electron chi connectivity index (χ0n) is 11.6. The van der Waals surface area contributed by atoms with Crippen LogP contribution in [0.2, 0.25) is 5.02 Å². The summed E-state index contributed by atoms with van der Waals surface area (Å²) in [6.45, 7) is 2.49. The Morgan fingerprint density at radius 3 is 2.60 bits per heavy atom. The van der Waals surface area contributed by atoms with Crippen LogP contribution in [0.1, 0.15) is 25.3 Å². The smallest absolute Gasteiger partial charge is 0.389 e. The van der Waals surface area contributed by atoms with Gasteiger partial charge in [0.05, 0.1) is 7.11 Å². The molecule has 0 aliphatic carbocycles. The maximum Gasteiger partial charge on any atom is 0.389 e. The number of halogens is 4. The Labute approximate surface area is 122 Å². The van der Waals surface area contributed by atoms with Crippen LogP contribution in [0.5, 0.6) is 5.75 Å². The molecule has 0 amide bonds. The maximum atomic E-state index is 12.3. The number of benzene rings is 1. The second kappa shape index (κ2) is 7.74. The predicted octanol–water partition coefficient (Wildman–Crippen LogP) is 4.21. The number of nitrogens with one attached hydrogen (secondary N) is 1. The third kappa shape index (κ3) is 6.01. The molecule has 0 bridgehead atoms. The summed E-state index contributed by atoms with van der Waals surface area (Å²) in [6.07, 6.45) is -4.44. The molecule has 0 heterocycles. The van der Waals surface area contributed by atoms with Gasteiger partial charge in [0, 0.05) is 17.5 Å². The number of methoxy groups -OCH3 is 1. The van der Waals surface area contributed by atoms with Gasteiger partial charge in [0.1, 0.15) is 5.75 Å². The van der Waals surface area contributed by atoms with Gasteiger partial charge in [-0.25, -0.2) is 0 Å². The molecule has 0 aliphatic rings. The van der Waals surface area contributed by atoms with E-state index in [0.717, 1.165) is 5.56 Å². The van der Waals surface area contributed by atoms with Gasteiger partial charge in [-0.15, -0.1) is 0 Å².